The first-order valence-corrected chi connectivity index (χ1v) is 3.49. The molecule has 1 aromatic carbocycles. The molecule has 1 aliphatic rings. The lowest BCUT2D eigenvalue weighted by Gasteiger charge is -1.99. The summed E-state index contributed by atoms with van der Waals surface area (Å²) in [5.41, 5.74) is 2.63. The van der Waals surface area contributed by atoms with Gasteiger partial charge < -0.3 is 0 Å². The number of hydrogen-bond acceptors (Lipinski definition) is 0. The van der Waals surface area contributed by atoms with Crippen LogP contribution in [0, 0.1) is 0 Å². The Morgan fingerprint density at radius 1 is 1.20 bits per heavy atom. The predicted octanol–water partition coefficient (Wildman–Crippen LogP) is 1.59. The third kappa shape index (κ3) is 0.838. The minimum absolute atomic E-state index is 0.830. The van der Waals surface area contributed by atoms with Crippen LogP contribution in [0.3, 0.4) is 0 Å². The molecule has 0 fully saturated rings. The number of hydrogen-bond donors (Lipinski definition) is 0. The number of fused-ring (bicyclic) bond motifs is 1. The van der Waals surface area contributed by atoms with E-state index >= 15 is 0 Å². The molecular formula is C9H9O+. The Morgan fingerprint density at radius 2 is 2.10 bits per heavy atom. The second-order valence-corrected chi connectivity index (χ2v) is 2.44. The minimum atomic E-state index is 0.830. The summed E-state index contributed by atoms with van der Waals surface area (Å²) in [4.78, 5) is 0. The monoisotopic (exact) mass is 133 g/mol. The molecule has 1 aromatic rings. The Balaban J connectivity index is 2.54. The van der Waals surface area contributed by atoms with Crippen LogP contribution in [0.2, 0.25) is 0 Å². The SMILES string of the molecule is C1=[O+]CCc2ccccc21. The molecule has 1 nitrogen and oxygen atoms in total. The molecule has 0 aliphatic carbocycles. The molecular weight excluding hydrogens is 124 g/mol. The molecule has 1 heteroatoms. The maximum Gasteiger partial charge on any atom is 0.315 e. The summed E-state index contributed by atoms with van der Waals surface area (Å²) in [6, 6.07) is 8.32. The Kier molecular flexibility index (Phi) is 1.28. The first-order chi connectivity index (χ1) is 4.97. The molecule has 0 amide bonds. The van der Waals surface area contributed by atoms with Crippen molar-refractivity contribution in [2.24, 2.45) is 0 Å². The van der Waals surface area contributed by atoms with E-state index in [1.54, 1.807) is 0 Å². The molecule has 1 heterocycles. The Bertz CT molecular complexity index is 263. The summed E-state index contributed by atoms with van der Waals surface area (Å²) in [6.45, 7) is 0.830. The largest absolute Gasteiger partial charge is 0.315 e. The van der Waals surface area contributed by atoms with Gasteiger partial charge in [0.15, 0.2) is 0 Å². The van der Waals surface area contributed by atoms with Crippen LogP contribution >= 0.6 is 0 Å². The van der Waals surface area contributed by atoms with Gasteiger partial charge in [0.25, 0.3) is 6.61 Å². The van der Waals surface area contributed by atoms with Gasteiger partial charge in [0, 0.05) is 0 Å². The minimum Gasteiger partial charge on any atom is -0.261 e. The third-order valence-corrected chi connectivity index (χ3v) is 1.75. The molecule has 10 heavy (non-hydrogen) atoms. The van der Waals surface area contributed by atoms with Crippen molar-refractivity contribution in [3.8, 4) is 0 Å². The van der Waals surface area contributed by atoms with Gasteiger partial charge in [-0.1, -0.05) is 18.2 Å². The smallest absolute Gasteiger partial charge is 0.261 e. The zero-order chi connectivity index (χ0) is 6.81. The molecule has 0 aromatic heterocycles. The normalized spacial score (nSPS) is 14.8. The third-order valence-electron chi connectivity index (χ3n) is 1.75. The Labute approximate surface area is 60.0 Å². The van der Waals surface area contributed by atoms with Gasteiger partial charge in [0.1, 0.15) is 0 Å². The number of aldehydes is 1. The van der Waals surface area contributed by atoms with Crippen molar-refractivity contribution in [1.82, 2.24) is 0 Å². The van der Waals surface area contributed by atoms with Crippen LogP contribution in [0.4, 0.5) is 0 Å². The van der Waals surface area contributed by atoms with Gasteiger partial charge in [-0.05, 0) is 11.6 Å². The summed E-state index contributed by atoms with van der Waals surface area (Å²) in [6.07, 6.45) is 2.88. The Hall–Kier alpha value is -1.11. The fourth-order valence-electron chi connectivity index (χ4n) is 1.19. The molecule has 50 valence electrons. The van der Waals surface area contributed by atoms with Crippen LogP contribution in [-0.4, -0.2) is 12.9 Å². The maximum atomic E-state index is 5.17. The van der Waals surface area contributed by atoms with Crippen LogP contribution in [0.5, 0.6) is 0 Å². The summed E-state index contributed by atoms with van der Waals surface area (Å²) in [7, 11) is 0. The van der Waals surface area contributed by atoms with Crippen molar-refractivity contribution in [3.63, 3.8) is 0 Å². The average Bonchev–Trinajstić information content (AvgIpc) is 2.05. The van der Waals surface area contributed by atoms with E-state index < -0.39 is 0 Å². The van der Waals surface area contributed by atoms with Gasteiger partial charge >= 0.3 is 6.29 Å². The molecule has 1 aliphatic heterocycles. The highest BCUT2D eigenvalue weighted by atomic mass is 16.4. The van der Waals surface area contributed by atoms with Crippen molar-refractivity contribution in [1.29, 1.82) is 0 Å². The van der Waals surface area contributed by atoms with E-state index in [0.717, 1.165) is 13.0 Å². The fraction of sp³-hybridized carbons (Fsp3) is 0.222. The van der Waals surface area contributed by atoms with Crippen LogP contribution in [0.1, 0.15) is 15.6 Å². The van der Waals surface area contributed by atoms with Crippen LogP contribution in [0.15, 0.2) is 24.3 Å². The van der Waals surface area contributed by atoms with Crippen molar-refractivity contribution >= 4 is 6.29 Å². The molecule has 0 atom stereocenters. The van der Waals surface area contributed by atoms with Crippen molar-refractivity contribution in [2.45, 2.75) is 6.42 Å². The fourth-order valence-corrected chi connectivity index (χ4v) is 1.19. The van der Waals surface area contributed by atoms with E-state index in [2.05, 4.69) is 18.2 Å². The lowest BCUT2D eigenvalue weighted by Crippen LogP contribution is -2.01. The first-order valence-electron chi connectivity index (χ1n) is 3.49. The number of rotatable bonds is 0. The molecule has 2 rings (SSSR count). The van der Waals surface area contributed by atoms with E-state index in [0.29, 0.717) is 0 Å². The molecule has 0 saturated heterocycles. The zero-order valence-electron chi connectivity index (χ0n) is 5.71. The van der Waals surface area contributed by atoms with Gasteiger partial charge in [-0.15, -0.1) is 0 Å². The van der Waals surface area contributed by atoms with Crippen LogP contribution < -0.4 is 0 Å². The summed E-state index contributed by atoms with van der Waals surface area (Å²) in [5.74, 6) is 0. The molecule has 0 bridgehead atoms. The van der Waals surface area contributed by atoms with E-state index in [4.69, 9.17) is 4.42 Å². The highest BCUT2D eigenvalue weighted by molar-refractivity contribution is 5.78. The predicted molar refractivity (Wildman–Crippen MR) is 40.4 cm³/mol. The van der Waals surface area contributed by atoms with E-state index in [9.17, 15) is 0 Å². The summed E-state index contributed by atoms with van der Waals surface area (Å²) in [5, 5.41) is 0. The first kappa shape index (κ1) is 5.66. The van der Waals surface area contributed by atoms with Crippen molar-refractivity contribution < 1.29 is 4.42 Å². The number of benzene rings is 1. The van der Waals surface area contributed by atoms with E-state index in [1.165, 1.54) is 11.1 Å². The molecule has 0 N–H and O–H groups in total. The molecule has 0 unspecified atom stereocenters. The average molecular weight is 133 g/mol. The summed E-state index contributed by atoms with van der Waals surface area (Å²) < 4.78 is 5.17. The lowest BCUT2D eigenvalue weighted by molar-refractivity contribution is -0.265. The van der Waals surface area contributed by atoms with E-state index in [-0.39, 0.29) is 0 Å². The van der Waals surface area contributed by atoms with Crippen molar-refractivity contribution in [2.75, 3.05) is 6.61 Å². The summed E-state index contributed by atoms with van der Waals surface area (Å²) >= 11 is 0. The van der Waals surface area contributed by atoms with Crippen LogP contribution in [0.25, 0.3) is 0 Å². The Morgan fingerprint density at radius 3 is 3.00 bits per heavy atom. The van der Waals surface area contributed by atoms with Gasteiger partial charge in [-0.2, -0.15) is 0 Å². The quantitative estimate of drug-likeness (QED) is 0.376. The number of carbonyl (C=O) groups excluding carboxylic acids is 1. The second-order valence-electron chi connectivity index (χ2n) is 2.44. The highest BCUT2D eigenvalue weighted by Crippen LogP contribution is 2.09. The van der Waals surface area contributed by atoms with Gasteiger partial charge in [0.2, 0.25) is 0 Å². The maximum absolute atomic E-state index is 5.17. The second kappa shape index (κ2) is 2.25. The lowest BCUT2D eigenvalue weighted by atomic mass is 10.1. The molecule has 0 radical (unpaired) electrons. The van der Waals surface area contributed by atoms with Gasteiger partial charge in [-0.25, -0.2) is 0 Å². The topological polar surface area (TPSA) is 11.3 Å². The molecule has 0 spiro atoms. The zero-order valence-corrected chi connectivity index (χ0v) is 5.71. The molecule has 0 saturated carbocycles. The van der Waals surface area contributed by atoms with Crippen molar-refractivity contribution in [3.05, 3.63) is 35.4 Å². The highest BCUT2D eigenvalue weighted by Gasteiger charge is 2.10. The van der Waals surface area contributed by atoms with Gasteiger partial charge in [0.05, 0.1) is 12.0 Å². The standard InChI is InChI=1S/C9H9O/c1-2-4-9-7-10-6-5-8(9)3-1/h1-4,7H,5-6H2/q+1. The van der Waals surface area contributed by atoms with Crippen LogP contribution in [-0.2, 0) is 6.42 Å². The van der Waals surface area contributed by atoms with Gasteiger partial charge in [-0.3, -0.25) is 4.42 Å². The van der Waals surface area contributed by atoms with E-state index in [1.807, 2.05) is 12.4 Å².